The lowest BCUT2D eigenvalue weighted by atomic mass is 10.3. The highest BCUT2D eigenvalue weighted by Gasteiger charge is 2.22. The fourth-order valence-electron chi connectivity index (χ4n) is 2.91. The first-order valence-corrected chi connectivity index (χ1v) is 9.78. The minimum absolute atomic E-state index is 0.113. The predicted octanol–water partition coefficient (Wildman–Crippen LogP) is 2.34. The fourth-order valence-corrected chi connectivity index (χ4v) is 3.60. The van der Waals surface area contributed by atoms with Crippen LogP contribution in [0.3, 0.4) is 0 Å². The molecule has 7 nitrogen and oxygen atoms in total. The van der Waals surface area contributed by atoms with Gasteiger partial charge in [-0.3, -0.25) is 9.69 Å². The van der Waals surface area contributed by atoms with Crippen molar-refractivity contribution in [2.75, 3.05) is 51.7 Å². The number of carbonyl (C=O) groups is 2. The van der Waals surface area contributed by atoms with E-state index in [1.807, 2.05) is 22.4 Å². The lowest BCUT2D eigenvalue weighted by Gasteiger charge is -2.34. The summed E-state index contributed by atoms with van der Waals surface area (Å²) in [5, 5.41) is 7.58. The summed E-state index contributed by atoms with van der Waals surface area (Å²) in [7, 11) is 1.60. The van der Waals surface area contributed by atoms with E-state index < -0.39 is 0 Å². The lowest BCUT2D eigenvalue weighted by Crippen LogP contribution is -2.50. The molecule has 1 fully saturated rings. The average Bonchev–Trinajstić information content (AvgIpc) is 3.23. The summed E-state index contributed by atoms with van der Waals surface area (Å²) in [4.78, 5) is 29.2. The van der Waals surface area contributed by atoms with E-state index in [1.54, 1.807) is 31.4 Å². The van der Waals surface area contributed by atoms with Crippen LogP contribution in [0, 0.1) is 0 Å². The first kappa shape index (κ1) is 19.2. The highest BCUT2D eigenvalue weighted by atomic mass is 32.1. The van der Waals surface area contributed by atoms with Gasteiger partial charge in [-0.1, -0.05) is 6.07 Å². The number of methoxy groups -OCH3 is 1. The van der Waals surface area contributed by atoms with E-state index >= 15 is 0 Å². The van der Waals surface area contributed by atoms with Gasteiger partial charge in [0.1, 0.15) is 5.75 Å². The van der Waals surface area contributed by atoms with E-state index in [0.29, 0.717) is 12.2 Å². The zero-order valence-corrected chi connectivity index (χ0v) is 16.1. The number of carbonyl (C=O) groups excluding carboxylic acids is 2. The van der Waals surface area contributed by atoms with Gasteiger partial charge < -0.3 is 20.3 Å². The van der Waals surface area contributed by atoms with Gasteiger partial charge in [0.05, 0.1) is 12.0 Å². The minimum Gasteiger partial charge on any atom is -0.497 e. The Hall–Kier alpha value is -2.58. The highest BCUT2D eigenvalue weighted by Crippen LogP contribution is 2.15. The van der Waals surface area contributed by atoms with Crippen molar-refractivity contribution in [2.45, 2.75) is 0 Å². The number of nitrogens with one attached hydrogen (secondary N) is 2. The third-order valence-corrected chi connectivity index (χ3v) is 5.31. The van der Waals surface area contributed by atoms with Crippen LogP contribution in [0.15, 0.2) is 41.8 Å². The monoisotopic (exact) mass is 388 g/mol. The summed E-state index contributed by atoms with van der Waals surface area (Å²) in [6.07, 6.45) is 0. The Labute approximate surface area is 162 Å². The lowest BCUT2D eigenvalue weighted by molar-refractivity contribution is 0.0644. The number of rotatable bonds is 6. The molecule has 1 aromatic carbocycles. The maximum atomic E-state index is 12.3. The minimum atomic E-state index is -0.230. The molecule has 2 heterocycles. The summed E-state index contributed by atoms with van der Waals surface area (Å²) in [6.45, 7) is 4.39. The van der Waals surface area contributed by atoms with Crippen molar-refractivity contribution in [3.63, 3.8) is 0 Å². The zero-order chi connectivity index (χ0) is 19.1. The van der Waals surface area contributed by atoms with Gasteiger partial charge in [0.15, 0.2) is 0 Å². The van der Waals surface area contributed by atoms with Gasteiger partial charge in [0, 0.05) is 45.0 Å². The van der Waals surface area contributed by atoms with Crippen LogP contribution >= 0.6 is 11.3 Å². The van der Waals surface area contributed by atoms with E-state index in [2.05, 4.69) is 15.5 Å². The van der Waals surface area contributed by atoms with Crippen LogP contribution in [0.2, 0.25) is 0 Å². The molecule has 0 aliphatic carbocycles. The number of benzene rings is 1. The van der Waals surface area contributed by atoms with Crippen LogP contribution in [0.25, 0.3) is 0 Å². The Morgan fingerprint density at radius 1 is 1.11 bits per heavy atom. The number of urea groups is 1. The number of hydrogen-bond acceptors (Lipinski definition) is 5. The van der Waals surface area contributed by atoms with Gasteiger partial charge in [0.2, 0.25) is 0 Å². The van der Waals surface area contributed by atoms with Crippen molar-refractivity contribution in [2.24, 2.45) is 0 Å². The van der Waals surface area contributed by atoms with Gasteiger partial charge in [-0.2, -0.15) is 0 Å². The maximum Gasteiger partial charge on any atom is 0.319 e. The van der Waals surface area contributed by atoms with E-state index in [1.165, 1.54) is 11.3 Å². The summed E-state index contributed by atoms with van der Waals surface area (Å²) >= 11 is 1.48. The topological polar surface area (TPSA) is 73.9 Å². The SMILES string of the molecule is COc1ccc(NC(=O)NCCN2CCN(C(=O)c3cccs3)CC2)cc1. The summed E-state index contributed by atoms with van der Waals surface area (Å²) in [5.41, 5.74) is 0.717. The molecule has 2 N–H and O–H groups in total. The normalized spacial score (nSPS) is 14.6. The summed E-state index contributed by atoms with van der Waals surface area (Å²) in [6, 6.07) is 10.7. The third kappa shape index (κ3) is 5.45. The zero-order valence-electron chi connectivity index (χ0n) is 15.3. The summed E-state index contributed by atoms with van der Waals surface area (Å²) in [5.74, 6) is 0.860. The van der Waals surface area contributed by atoms with Gasteiger partial charge >= 0.3 is 6.03 Å². The third-order valence-electron chi connectivity index (χ3n) is 4.45. The van der Waals surface area contributed by atoms with Crippen molar-refractivity contribution < 1.29 is 14.3 Å². The Balaban J connectivity index is 1.34. The van der Waals surface area contributed by atoms with Gasteiger partial charge in [-0.25, -0.2) is 4.79 Å². The van der Waals surface area contributed by atoms with Crippen LogP contribution in [0.5, 0.6) is 5.75 Å². The molecule has 144 valence electrons. The van der Waals surface area contributed by atoms with Crippen molar-refractivity contribution in [3.8, 4) is 5.75 Å². The first-order valence-electron chi connectivity index (χ1n) is 8.90. The van der Waals surface area contributed by atoms with Crippen LogP contribution in [-0.2, 0) is 0 Å². The molecule has 1 aliphatic rings. The van der Waals surface area contributed by atoms with E-state index in [9.17, 15) is 9.59 Å². The molecule has 0 unspecified atom stereocenters. The standard InChI is InChI=1S/C19H24N4O3S/c1-26-16-6-4-15(5-7-16)21-19(25)20-8-9-22-10-12-23(13-11-22)18(24)17-3-2-14-27-17/h2-7,14H,8-13H2,1H3,(H2,20,21,25). The van der Waals surface area contributed by atoms with E-state index in [4.69, 9.17) is 4.74 Å². The fraction of sp³-hybridized carbons (Fsp3) is 0.368. The molecule has 1 saturated heterocycles. The number of anilines is 1. The number of thiophene rings is 1. The molecule has 0 saturated carbocycles. The quantitative estimate of drug-likeness (QED) is 0.797. The Morgan fingerprint density at radius 2 is 1.85 bits per heavy atom. The molecule has 0 spiro atoms. The van der Waals surface area contributed by atoms with Crippen LogP contribution < -0.4 is 15.4 Å². The molecule has 1 aromatic heterocycles. The summed E-state index contributed by atoms with van der Waals surface area (Å²) < 4.78 is 5.09. The molecule has 0 atom stereocenters. The van der Waals surface area contributed by atoms with Gasteiger partial charge in [0.25, 0.3) is 5.91 Å². The first-order chi connectivity index (χ1) is 13.2. The number of ether oxygens (including phenoxy) is 1. The van der Waals surface area contributed by atoms with Gasteiger partial charge in [-0.15, -0.1) is 11.3 Å². The molecule has 0 radical (unpaired) electrons. The molecule has 27 heavy (non-hydrogen) atoms. The average molecular weight is 388 g/mol. The molecule has 3 rings (SSSR count). The highest BCUT2D eigenvalue weighted by molar-refractivity contribution is 7.12. The van der Waals surface area contributed by atoms with Crippen LogP contribution in [-0.4, -0.2) is 68.1 Å². The number of nitrogens with zero attached hydrogens (tertiary/aromatic N) is 2. The molecular weight excluding hydrogens is 364 g/mol. The van der Waals surface area contributed by atoms with Crippen molar-refractivity contribution in [1.29, 1.82) is 0 Å². The smallest absolute Gasteiger partial charge is 0.319 e. The Bertz CT molecular complexity index is 741. The Kier molecular flexibility index (Phi) is 6.67. The van der Waals surface area contributed by atoms with E-state index in [-0.39, 0.29) is 11.9 Å². The molecule has 8 heteroatoms. The number of amides is 3. The van der Waals surface area contributed by atoms with E-state index in [0.717, 1.165) is 43.4 Å². The molecule has 2 aromatic rings. The molecular formula is C19H24N4O3S. The van der Waals surface area contributed by atoms with Crippen molar-refractivity contribution in [1.82, 2.24) is 15.1 Å². The van der Waals surface area contributed by atoms with Gasteiger partial charge in [-0.05, 0) is 35.7 Å². The maximum absolute atomic E-state index is 12.3. The molecule has 0 bridgehead atoms. The van der Waals surface area contributed by atoms with Crippen molar-refractivity contribution in [3.05, 3.63) is 46.7 Å². The van der Waals surface area contributed by atoms with Crippen LogP contribution in [0.4, 0.5) is 10.5 Å². The molecule has 3 amide bonds. The Morgan fingerprint density at radius 3 is 2.48 bits per heavy atom. The molecule has 1 aliphatic heterocycles. The second kappa shape index (κ2) is 9.38. The second-order valence-electron chi connectivity index (χ2n) is 6.22. The number of piperazine rings is 1. The largest absolute Gasteiger partial charge is 0.497 e. The van der Waals surface area contributed by atoms with Crippen LogP contribution in [0.1, 0.15) is 9.67 Å². The van der Waals surface area contributed by atoms with Crippen molar-refractivity contribution >= 4 is 29.0 Å². The second-order valence-corrected chi connectivity index (χ2v) is 7.17. The predicted molar refractivity (Wildman–Crippen MR) is 107 cm³/mol. The number of hydrogen-bond donors (Lipinski definition) is 2.